The highest BCUT2D eigenvalue weighted by molar-refractivity contribution is 5.15. The summed E-state index contributed by atoms with van der Waals surface area (Å²) < 4.78 is 0. The van der Waals surface area contributed by atoms with Gasteiger partial charge >= 0.3 is 0 Å². The second-order valence-electron chi connectivity index (χ2n) is 4.33. The van der Waals surface area contributed by atoms with Crippen LogP contribution in [0.25, 0.3) is 0 Å². The van der Waals surface area contributed by atoms with E-state index in [2.05, 4.69) is 49.8 Å². The Kier molecular flexibility index (Phi) is 11.1. The van der Waals surface area contributed by atoms with Crippen molar-refractivity contribution in [1.82, 2.24) is 0 Å². The van der Waals surface area contributed by atoms with E-state index in [0.29, 0.717) is 6.54 Å². The first kappa shape index (κ1) is 16.6. The molecule has 1 saturated carbocycles. The van der Waals surface area contributed by atoms with Gasteiger partial charge in [-0.05, 0) is 44.2 Å². The Labute approximate surface area is 111 Å². The second kappa shape index (κ2) is 12.1. The van der Waals surface area contributed by atoms with Gasteiger partial charge in [0, 0.05) is 6.54 Å². The van der Waals surface area contributed by atoms with Crippen LogP contribution in [0.15, 0.2) is 49.1 Å². The Balaban J connectivity index is 0.000000236. The Bertz CT molecular complexity index is 267. The van der Waals surface area contributed by atoms with Crippen molar-refractivity contribution in [3.8, 4) is 0 Å². The molecule has 0 saturated heterocycles. The minimum Gasteiger partial charge on any atom is -0.327 e. The van der Waals surface area contributed by atoms with Crippen molar-refractivity contribution in [3.63, 3.8) is 0 Å². The Hall–Kier alpha value is -1.41. The zero-order valence-corrected chi connectivity index (χ0v) is 11.2. The van der Waals surface area contributed by atoms with Crippen LogP contribution in [0.2, 0.25) is 0 Å². The predicted molar refractivity (Wildman–Crippen MR) is 82.0 cm³/mol. The lowest BCUT2D eigenvalue weighted by Crippen LogP contribution is -1.90. The number of nitrogens with one attached hydrogen (secondary N) is 1. The monoisotopic (exact) mass is 246 g/mol. The van der Waals surface area contributed by atoms with Crippen LogP contribution in [-0.4, -0.2) is 13.3 Å². The molecule has 0 amide bonds. The molecule has 0 aliphatic heterocycles. The van der Waals surface area contributed by atoms with Gasteiger partial charge in [0.15, 0.2) is 0 Å². The van der Waals surface area contributed by atoms with Crippen LogP contribution in [0.4, 0.5) is 0 Å². The van der Waals surface area contributed by atoms with E-state index in [4.69, 9.17) is 11.1 Å². The summed E-state index contributed by atoms with van der Waals surface area (Å²) in [4.78, 5) is 0. The van der Waals surface area contributed by atoms with E-state index in [-0.39, 0.29) is 0 Å². The molecule has 3 N–H and O–H groups in total. The molecule has 3 aliphatic carbocycles. The average Bonchev–Trinajstić information content (AvgIpc) is 3.20. The van der Waals surface area contributed by atoms with E-state index in [9.17, 15) is 0 Å². The van der Waals surface area contributed by atoms with Crippen molar-refractivity contribution in [2.45, 2.75) is 25.7 Å². The van der Waals surface area contributed by atoms with Crippen molar-refractivity contribution in [2.75, 3.05) is 6.54 Å². The number of hydrogen-bond donors (Lipinski definition) is 2. The van der Waals surface area contributed by atoms with Crippen LogP contribution in [0, 0.1) is 17.2 Å². The Morgan fingerprint density at radius 2 is 1.56 bits per heavy atom. The molecule has 2 bridgehead atoms. The van der Waals surface area contributed by atoms with Crippen LogP contribution in [-0.2, 0) is 0 Å². The van der Waals surface area contributed by atoms with Crippen LogP contribution < -0.4 is 5.73 Å². The van der Waals surface area contributed by atoms with E-state index >= 15 is 0 Å². The lowest BCUT2D eigenvalue weighted by atomic mass is 10.1. The van der Waals surface area contributed by atoms with Gasteiger partial charge in [-0.25, -0.2) is 0 Å². The Morgan fingerprint density at radius 1 is 1.11 bits per heavy atom. The summed E-state index contributed by atoms with van der Waals surface area (Å²) in [5, 5.41) is 5.50. The first-order valence-corrected chi connectivity index (χ1v) is 6.53. The zero-order chi connectivity index (χ0) is 13.6. The van der Waals surface area contributed by atoms with Gasteiger partial charge in [0.25, 0.3) is 0 Å². The summed E-state index contributed by atoms with van der Waals surface area (Å²) in [7, 11) is 0. The summed E-state index contributed by atoms with van der Waals surface area (Å²) >= 11 is 0. The van der Waals surface area contributed by atoms with Gasteiger partial charge in [0.05, 0.1) is 0 Å². The van der Waals surface area contributed by atoms with E-state index in [1.807, 2.05) is 0 Å². The highest BCUT2D eigenvalue weighted by atomic mass is 14.5. The molecule has 0 aromatic rings. The maximum atomic E-state index is 5.50. The molecule has 0 aromatic carbocycles. The summed E-state index contributed by atoms with van der Waals surface area (Å²) in [5.41, 5.74) is 4.91. The molecule has 100 valence electrons. The van der Waals surface area contributed by atoms with E-state index in [1.54, 1.807) is 6.08 Å². The van der Waals surface area contributed by atoms with Crippen molar-refractivity contribution in [1.29, 1.82) is 5.41 Å². The summed E-state index contributed by atoms with van der Waals surface area (Å²) in [6.07, 6.45) is 20.3. The topological polar surface area (TPSA) is 49.9 Å². The van der Waals surface area contributed by atoms with Crippen molar-refractivity contribution >= 4 is 6.72 Å². The maximum absolute atomic E-state index is 5.50. The molecule has 2 heteroatoms. The highest BCUT2D eigenvalue weighted by Crippen LogP contribution is 2.38. The van der Waals surface area contributed by atoms with Crippen molar-refractivity contribution < 1.29 is 0 Å². The smallest absolute Gasteiger partial charge is 0.0104 e. The number of fused-ring (bicyclic) bond motifs is 2. The molecule has 2 nitrogen and oxygen atoms in total. The molecule has 0 spiro atoms. The Morgan fingerprint density at radius 3 is 1.67 bits per heavy atom. The second-order valence-corrected chi connectivity index (χ2v) is 4.33. The van der Waals surface area contributed by atoms with Crippen molar-refractivity contribution in [2.24, 2.45) is 17.6 Å². The fourth-order valence-electron chi connectivity index (χ4n) is 2.11. The minimum absolute atomic E-state index is 0.583. The number of rotatable bonds is 1. The molecule has 2 unspecified atom stereocenters. The van der Waals surface area contributed by atoms with Crippen molar-refractivity contribution in [3.05, 3.63) is 49.1 Å². The van der Waals surface area contributed by atoms with Gasteiger partial charge < -0.3 is 11.1 Å². The molecular weight excluding hydrogens is 220 g/mol. The molecule has 0 radical (unpaired) electrons. The lowest BCUT2D eigenvalue weighted by molar-refractivity contribution is 0.691. The lowest BCUT2D eigenvalue weighted by Gasteiger charge is -1.96. The summed E-state index contributed by atoms with van der Waals surface area (Å²) in [6, 6.07) is 0. The number of hydrogen-bond acceptors (Lipinski definition) is 2. The number of allylic oxidation sites excluding steroid dienone is 6. The third-order valence-electron chi connectivity index (χ3n) is 2.99. The third kappa shape index (κ3) is 7.80. The summed E-state index contributed by atoms with van der Waals surface area (Å²) in [6.45, 7) is 6.44. The van der Waals surface area contributed by atoms with Gasteiger partial charge in [0.1, 0.15) is 0 Å². The first-order chi connectivity index (χ1) is 8.86. The fourth-order valence-corrected chi connectivity index (χ4v) is 2.11. The zero-order valence-electron chi connectivity index (χ0n) is 11.2. The molecule has 1 fully saturated rings. The quantitative estimate of drug-likeness (QED) is 0.535. The van der Waals surface area contributed by atoms with Gasteiger partial charge in [-0.15, -0.1) is 6.58 Å². The normalized spacial score (nSPS) is 24.3. The molecular formula is C16H26N2. The SMILES string of the molecule is C1=CC2CCC1C2.C1=CCC=C1.C=CCN.C=N. The standard InChI is InChI=1S/C7H10.C5H6.C3H7N.CH3N/c1-2-7-4-3-6(1)5-7;1-2-4-5-3-1;1-2-3-4;1-2/h1-2,6-7H,3-5H2;1-4H,5H2;2H,1,3-4H2;2H,1H2. The molecule has 18 heavy (non-hydrogen) atoms. The molecule has 3 aliphatic rings. The molecule has 3 rings (SSSR count). The fraction of sp³-hybridized carbons (Fsp3) is 0.438. The van der Waals surface area contributed by atoms with Crippen LogP contribution in [0.3, 0.4) is 0 Å². The van der Waals surface area contributed by atoms with Gasteiger partial charge in [-0.2, -0.15) is 0 Å². The van der Waals surface area contributed by atoms with Gasteiger partial charge in [-0.3, -0.25) is 0 Å². The van der Waals surface area contributed by atoms with E-state index < -0.39 is 0 Å². The molecule has 0 heterocycles. The van der Waals surface area contributed by atoms with Gasteiger partial charge in [0.2, 0.25) is 0 Å². The molecule has 2 atom stereocenters. The maximum Gasteiger partial charge on any atom is 0.0104 e. The molecule has 0 aromatic heterocycles. The third-order valence-corrected chi connectivity index (χ3v) is 2.99. The number of nitrogens with two attached hydrogens (primary N) is 1. The minimum atomic E-state index is 0.583. The van der Waals surface area contributed by atoms with Crippen LogP contribution in [0.1, 0.15) is 25.7 Å². The average molecular weight is 246 g/mol. The van der Waals surface area contributed by atoms with E-state index in [1.165, 1.54) is 19.3 Å². The van der Waals surface area contributed by atoms with Crippen LogP contribution >= 0.6 is 0 Å². The first-order valence-electron chi connectivity index (χ1n) is 6.53. The predicted octanol–water partition coefficient (Wildman–Crippen LogP) is 3.87. The summed E-state index contributed by atoms with van der Waals surface area (Å²) in [5.74, 6) is 1.98. The largest absolute Gasteiger partial charge is 0.327 e. The van der Waals surface area contributed by atoms with E-state index in [0.717, 1.165) is 18.3 Å². The highest BCUT2D eigenvalue weighted by Gasteiger charge is 2.25. The van der Waals surface area contributed by atoms with Crippen LogP contribution in [0.5, 0.6) is 0 Å². The van der Waals surface area contributed by atoms with Gasteiger partial charge in [-0.1, -0.05) is 42.5 Å².